The molecular formula is C57H39N3O. The summed E-state index contributed by atoms with van der Waals surface area (Å²) in [6, 6.07) is 80.5. The van der Waals surface area contributed by atoms with E-state index in [1.54, 1.807) is 0 Å². The molecule has 3 heterocycles. The lowest BCUT2D eigenvalue weighted by Gasteiger charge is -2.34. The summed E-state index contributed by atoms with van der Waals surface area (Å²) in [5.74, 6) is 1.18. The summed E-state index contributed by atoms with van der Waals surface area (Å²) in [6.07, 6.45) is 0.865. The van der Waals surface area contributed by atoms with Gasteiger partial charge in [-0.3, -0.25) is 9.47 Å². The summed E-state index contributed by atoms with van der Waals surface area (Å²) in [5, 5.41) is 3.51. The van der Waals surface area contributed by atoms with Gasteiger partial charge in [-0.2, -0.15) is 0 Å². The standard InChI is InChI=1S/C57H39N3O/c1-3-15-39(16-4-1)47-20-8-9-21-48(47)40-27-29-43(30-28-40)58(46-35-36-51-50-23-11-14-26-55(50)61-56(51)38-46)44-31-33-45(34-32-44)59-53-24-12-7-17-41(53)37-52-49-22-10-13-25-54(49)60(57(52)59)42-18-5-2-6-19-42/h1-36,38H,37H2. The summed E-state index contributed by atoms with van der Waals surface area (Å²) in [5.41, 5.74) is 16.9. The van der Waals surface area contributed by atoms with E-state index in [1.807, 2.05) is 12.1 Å². The number of benzene rings is 9. The van der Waals surface area contributed by atoms with Crippen molar-refractivity contribution in [2.24, 2.45) is 0 Å². The van der Waals surface area contributed by atoms with E-state index in [0.717, 1.165) is 56.8 Å². The summed E-state index contributed by atoms with van der Waals surface area (Å²) >= 11 is 0. The van der Waals surface area contributed by atoms with E-state index in [9.17, 15) is 0 Å². The molecule has 0 spiro atoms. The van der Waals surface area contributed by atoms with Gasteiger partial charge < -0.3 is 9.32 Å². The number of anilines is 6. The molecule has 1 aliphatic heterocycles. The van der Waals surface area contributed by atoms with Crippen molar-refractivity contribution in [2.75, 3.05) is 9.80 Å². The van der Waals surface area contributed by atoms with Crippen LogP contribution in [0.5, 0.6) is 0 Å². The van der Waals surface area contributed by atoms with Gasteiger partial charge in [-0.05, 0) is 107 Å². The predicted molar refractivity (Wildman–Crippen MR) is 254 cm³/mol. The highest BCUT2D eigenvalue weighted by molar-refractivity contribution is 6.06. The summed E-state index contributed by atoms with van der Waals surface area (Å²) in [4.78, 5) is 4.79. The lowest BCUT2D eigenvalue weighted by molar-refractivity contribution is 0.669. The van der Waals surface area contributed by atoms with Crippen molar-refractivity contribution in [3.05, 3.63) is 236 Å². The molecule has 288 valence electrons. The molecule has 9 aromatic carbocycles. The van der Waals surface area contributed by atoms with Crippen molar-refractivity contribution >= 4 is 67.1 Å². The predicted octanol–water partition coefficient (Wildman–Crippen LogP) is 15.7. The van der Waals surface area contributed by atoms with Gasteiger partial charge in [0.15, 0.2) is 0 Å². The first-order valence-electron chi connectivity index (χ1n) is 20.9. The molecular weight excluding hydrogens is 743 g/mol. The third kappa shape index (κ3) is 5.83. The molecule has 61 heavy (non-hydrogen) atoms. The number of hydrogen-bond donors (Lipinski definition) is 0. The molecule has 0 saturated heterocycles. The van der Waals surface area contributed by atoms with Crippen LogP contribution in [0.15, 0.2) is 229 Å². The number of rotatable bonds is 7. The quantitative estimate of drug-likeness (QED) is 0.161. The zero-order valence-electron chi connectivity index (χ0n) is 33.3. The Morgan fingerprint density at radius 1 is 0.410 bits per heavy atom. The van der Waals surface area contributed by atoms with Crippen molar-refractivity contribution in [3.63, 3.8) is 0 Å². The number of furan rings is 1. The largest absolute Gasteiger partial charge is 0.456 e. The molecule has 0 bridgehead atoms. The molecule has 1 aliphatic rings. The van der Waals surface area contributed by atoms with Gasteiger partial charge in [0, 0.05) is 62.6 Å². The minimum atomic E-state index is 0.861. The third-order valence-corrected chi connectivity index (χ3v) is 12.2. The van der Waals surface area contributed by atoms with Gasteiger partial charge in [-0.1, -0.05) is 140 Å². The molecule has 0 fully saturated rings. The van der Waals surface area contributed by atoms with Gasteiger partial charge in [0.2, 0.25) is 0 Å². The molecule has 0 atom stereocenters. The van der Waals surface area contributed by atoms with E-state index in [1.165, 1.54) is 55.8 Å². The van der Waals surface area contributed by atoms with Crippen molar-refractivity contribution in [3.8, 4) is 27.9 Å². The second-order valence-electron chi connectivity index (χ2n) is 15.7. The molecule has 4 nitrogen and oxygen atoms in total. The van der Waals surface area contributed by atoms with Crippen molar-refractivity contribution in [1.82, 2.24) is 4.57 Å². The van der Waals surface area contributed by atoms with Crippen LogP contribution in [0.25, 0.3) is 60.8 Å². The molecule has 11 aromatic rings. The second-order valence-corrected chi connectivity index (χ2v) is 15.7. The highest BCUT2D eigenvalue weighted by atomic mass is 16.3. The molecule has 0 radical (unpaired) electrons. The highest BCUT2D eigenvalue weighted by Crippen LogP contribution is 2.50. The van der Waals surface area contributed by atoms with Gasteiger partial charge >= 0.3 is 0 Å². The zero-order chi connectivity index (χ0) is 40.3. The maximum atomic E-state index is 6.45. The van der Waals surface area contributed by atoms with Gasteiger partial charge in [0.1, 0.15) is 17.0 Å². The fraction of sp³-hybridized carbons (Fsp3) is 0.0175. The highest BCUT2D eigenvalue weighted by Gasteiger charge is 2.31. The van der Waals surface area contributed by atoms with Gasteiger partial charge in [-0.25, -0.2) is 0 Å². The van der Waals surface area contributed by atoms with Gasteiger partial charge in [-0.15, -0.1) is 0 Å². The van der Waals surface area contributed by atoms with Crippen molar-refractivity contribution < 1.29 is 4.42 Å². The van der Waals surface area contributed by atoms with Crippen LogP contribution in [0.4, 0.5) is 34.3 Å². The van der Waals surface area contributed by atoms with E-state index in [0.29, 0.717) is 0 Å². The van der Waals surface area contributed by atoms with E-state index < -0.39 is 0 Å². The first-order valence-corrected chi connectivity index (χ1v) is 20.9. The van der Waals surface area contributed by atoms with Crippen LogP contribution >= 0.6 is 0 Å². The van der Waals surface area contributed by atoms with Crippen LogP contribution in [-0.2, 0) is 6.42 Å². The van der Waals surface area contributed by atoms with Crippen molar-refractivity contribution in [1.29, 1.82) is 0 Å². The maximum Gasteiger partial charge on any atom is 0.137 e. The van der Waals surface area contributed by atoms with E-state index >= 15 is 0 Å². The molecule has 0 saturated carbocycles. The second kappa shape index (κ2) is 14.3. The van der Waals surface area contributed by atoms with Gasteiger partial charge in [0.05, 0.1) is 11.2 Å². The number of aromatic nitrogens is 1. The molecule has 0 N–H and O–H groups in total. The molecule has 12 rings (SSSR count). The zero-order valence-corrected chi connectivity index (χ0v) is 33.3. The monoisotopic (exact) mass is 781 g/mol. The average molecular weight is 782 g/mol. The Balaban J connectivity index is 1.00. The molecule has 2 aromatic heterocycles. The number of fused-ring (bicyclic) bond motifs is 7. The number of hydrogen-bond acceptors (Lipinski definition) is 3. The summed E-state index contributed by atoms with van der Waals surface area (Å²) in [6.45, 7) is 0. The molecule has 0 aliphatic carbocycles. The Morgan fingerprint density at radius 2 is 0.984 bits per heavy atom. The lowest BCUT2D eigenvalue weighted by Crippen LogP contribution is -2.21. The Labute approximate surface area is 354 Å². The van der Waals surface area contributed by atoms with Crippen LogP contribution < -0.4 is 9.80 Å². The Morgan fingerprint density at radius 3 is 1.75 bits per heavy atom. The van der Waals surface area contributed by atoms with Crippen LogP contribution in [0, 0.1) is 0 Å². The van der Waals surface area contributed by atoms with Crippen LogP contribution in [0.3, 0.4) is 0 Å². The number of nitrogens with zero attached hydrogens (tertiary/aromatic N) is 3. The van der Waals surface area contributed by atoms with E-state index in [4.69, 9.17) is 4.42 Å². The number of para-hydroxylation sites is 4. The Hall–Kier alpha value is -8.08. The smallest absolute Gasteiger partial charge is 0.137 e. The minimum absolute atomic E-state index is 0.861. The summed E-state index contributed by atoms with van der Waals surface area (Å²) in [7, 11) is 0. The fourth-order valence-corrected chi connectivity index (χ4v) is 9.43. The Bertz CT molecular complexity index is 3380. The first kappa shape index (κ1) is 34.9. The minimum Gasteiger partial charge on any atom is -0.456 e. The molecule has 4 heteroatoms. The van der Waals surface area contributed by atoms with Crippen LogP contribution in [-0.4, -0.2) is 4.57 Å². The topological polar surface area (TPSA) is 24.6 Å². The third-order valence-electron chi connectivity index (χ3n) is 12.2. The molecule has 0 amide bonds. The maximum absolute atomic E-state index is 6.45. The molecule has 0 unspecified atom stereocenters. The lowest BCUT2D eigenvalue weighted by atomic mass is 9.94. The van der Waals surface area contributed by atoms with Crippen LogP contribution in [0.2, 0.25) is 0 Å². The SMILES string of the molecule is c1ccc(-c2ccccc2-c2ccc(N(c3ccc(N4c5ccccc5Cc5c4n(-c4ccccc4)c4ccccc54)cc3)c3ccc4c(c3)oc3ccccc34)cc2)cc1. The normalized spacial score (nSPS) is 12.2. The Kier molecular flexibility index (Phi) is 8.20. The first-order chi connectivity index (χ1) is 30.3. The fourth-order valence-electron chi connectivity index (χ4n) is 9.43. The van der Waals surface area contributed by atoms with E-state index in [2.05, 4.69) is 227 Å². The average Bonchev–Trinajstić information content (AvgIpc) is 3.87. The van der Waals surface area contributed by atoms with Gasteiger partial charge in [0.25, 0.3) is 0 Å². The summed E-state index contributed by atoms with van der Waals surface area (Å²) < 4.78 is 8.88. The van der Waals surface area contributed by atoms with Crippen molar-refractivity contribution in [2.45, 2.75) is 6.42 Å². The van der Waals surface area contributed by atoms with E-state index in [-0.39, 0.29) is 0 Å². The van der Waals surface area contributed by atoms with Crippen LogP contribution in [0.1, 0.15) is 11.1 Å².